The number of nitrogens with zero attached hydrogens (tertiary/aromatic N) is 1. The van der Waals surface area contributed by atoms with Crippen LogP contribution >= 0.6 is 0 Å². The SMILES string of the molecule is CC1CCN([C@@H](C)C(=O)NC(C)(C)C)CC1. The predicted octanol–water partition coefficient (Wildman–Crippen LogP) is 2.02. The first-order valence-corrected chi connectivity index (χ1v) is 6.35. The Bertz CT molecular complexity index is 237. The Labute approximate surface area is 99.6 Å². The zero-order valence-electron chi connectivity index (χ0n) is 11.3. The lowest BCUT2D eigenvalue weighted by Gasteiger charge is -2.35. The Kier molecular flexibility index (Phi) is 4.36. The molecule has 3 heteroatoms. The molecule has 0 aromatic carbocycles. The van der Waals surface area contributed by atoms with E-state index in [1.165, 1.54) is 12.8 Å². The molecule has 0 bridgehead atoms. The van der Waals surface area contributed by atoms with E-state index >= 15 is 0 Å². The lowest BCUT2D eigenvalue weighted by Crippen LogP contribution is -2.52. The quantitative estimate of drug-likeness (QED) is 0.781. The molecule has 1 aliphatic rings. The summed E-state index contributed by atoms with van der Waals surface area (Å²) >= 11 is 0. The van der Waals surface area contributed by atoms with Gasteiger partial charge in [-0.05, 0) is 59.5 Å². The van der Waals surface area contributed by atoms with Gasteiger partial charge in [0.15, 0.2) is 0 Å². The highest BCUT2D eigenvalue weighted by Crippen LogP contribution is 2.18. The Morgan fingerprint density at radius 1 is 1.31 bits per heavy atom. The number of rotatable bonds is 2. The number of amides is 1. The van der Waals surface area contributed by atoms with Gasteiger partial charge in [-0.2, -0.15) is 0 Å². The molecule has 0 aromatic heterocycles. The molecular weight excluding hydrogens is 200 g/mol. The van der Waals surface area contributed by atoms with Crippen molar-refractivity contribution in [2.45, 2.75) is 59.0 Å². The minimum Gasteiger partial charge on any atom is -0.350 e. The van der Waals surface area contributed by atoms with E-state index in [9.17, 15) is 4.79 Å². The van der Waals surface area contributed by atoms with E-state index in [-0.39, 0.29) is 17.5 Å². The molecule has 0 unspecified atom stereocenters. The minimum absolute atomic E-state index is 0.00623. The van der Waals surface area contributed by atoms with Crippen molar-refractivity contribution in [3.05, 3.63) is 0 Å². The lowest BCUT2D eigenvalue weighted by molar-refractivity contribution is -0.127. The second kappa shape index (κ2) is 5.17. The Morgan fingerprint density at radius 3 is 2.25 bits per heavy atom. The maximum atomic E-state index is 12.0. The van der Waals surface area contributed by atoms with Gasteiger partial charge in [-0.15, -0.1) is 0 Å². The number of piperidine rings is 1. The molecule has 0 saturated carbocycles. The zero-order valence-corrected chi connectivity index (χ0v) is 11.3. The fourth-order valence-electron chi connectivity index (χ4n) is 2.06. The van der Waals surface area contributed by atoms with Crippen LogP contribution in [-0.2, 0) is 4.79 Å². The second-order valence-electron chi connectivity index (χ2n) is 6.13. The number of hydrogen-bond acceptors (Lipinski definition) is 2. The third-order valence-electron chi connectivity index (χ3n) is 3.24. The third kappa shape index (κ3) is 4.12. The molecule has 0 spiro atoms. The number of nitrogens with one attached hydrogen (secondary N) is 1. The summed E-state index contributed by atoms with van der Waals surface area (Å²) in [5.74, 6) is 0.969. The van der Waals surface area contributed by atoms with Crippen LogP contribution in [0.3, 0.4) is 0 Å². The minimum atomic E-state index is -0.131. The number of carbonyl (C=O) groups is 1. The summed E-state index contributed by atoms with van der Waals surface area (Å²) in [6.07, 6.45) is 2.43. The predicted molar refractivity (Wildman–Crippen MR) is 67.3 cm³/mol. The molecule has 1 N–H and O–H groups in total. The van der Waals surface area contributed by atoms with Gasteiger partial charge in [0.05, 0.1) is 6.04 Å². The van der Waals surface area contributed by atoms with Crippen LogP contribution < -0.4 is 5.32 Å². The van der Waals surface area contributed by atoms with Crippen LogP contribution in [0.4, 0.5) is 0 Å². The number of hydrogen-bond donors (Lipinski definition) is 1. The van der Waals surface area contributed by atoms with Crippen molar-refractivity contribution in [3.63, 3.8) is 0 Å². The molecule has 1 amide bonds. The van der Waals surface area contributed by atoms with Crippen molar-refractivity contribution in [2.75, 3.05) is 13.1 Å². The molecule has 1 aliphatic heterocycles. The molecule has 0 aliphatic carbocycles. The van der Waals surface area contributed by atoms with E-state index in [1.807, 2.05) is 27.7 Å². The van der Waals surface area contributed by atoms with Gasteiger partial charge in [0.2, 0.25) is 5.91 Å². The smallest absolute Gasteiger partial charge is 0.237 e. The largest absolute Gasteiger partial charge is 0.350 e. The Morgan fingerprint density at radius 2 is 1.81 bits per heavy atom. The van der Waals surface area contributed by atoms with Gasteiger partial charge in [-0.1, -0.05) is 6.92 Å². The average molecular weight is 226 g/mol. The van der Waals surface area contributed by atoms with Crippen LogP contribution in [0.5, 0.6) is 0 Å². The topological polar surface area (TPSA) is 32.3 Å². The van der Waals surface area contributed by atoms with E-state index in [4.69, 9.17) is 0 Å². The summed E-state index contributed by atoms with van der Waals surface area (Å²) in [6, 6.07) is 0.00623. The number of carbonyl (C=O) groups excluding carboxylic acids is 1. The fraction of sp³-hybridized carbons (Fsp3) is 0.923. The maximum absolute atomic E-state index is 12.0. The van der Waals surface area contributed by atoms with Gasteiger partial charge in [0.1, 0.15) is 0 Å². The van der Waals surface area contributed by atoms with Gasteiger partial charge < -0.3 is 5.32 Å². The first-order chi connectivity index (χ1) is 7.29. The summed E-state index contributed by atoms with van der Waals surface area (Å²) < 4.78 is 0. The van der Waals surface area contributed by atoms with Crippen molar-refractivity contribution in [3.8, 4) is 0 Å². The monoisotopic (exact) mass is 226 g/mol. The van der Waals surface area contributed by atoms with Crippen LogP contribution in [0.15, 0.2) is 0 Å². The molecule has 0 aromatic rings. The molecule has 1 atom stereocenters. The molecule has 1 saturated heterocycles. The zero-order chi connectivity index (χ0) is 12.3. The van der Waals surface area contributed by atoms with Crippen molar-refractivity contribution in [2.24, 2.45) is 5.92 Å². The van der Waals surface area contributed by atoms with Crippen LogP contribution in [0.25, 0.3) is 0 Å². The molecular formula is C13H26N2O. The van der Waals surface area contributed by atoms with E-state index in [2.05, 4.69) is 17.1 Å². The van der Waals surface area contributed by atoms with E-state index in [1.54, 1.807) is 0 Å². The van der Waals surface area contributed by atoms with Crippen molar-refractivity contribution in [1.82, 2.24) is 10.2 Å². The van der Waals surface area contributed by atoms with Crippen LogP contribution in [0.1, 0.15) is 47.5 Å². The van der Waals surface area contributed by atoms with Gasteiger partial charge in [0.25, 0.3) is 0 Å². The third-order valence-corrected chi connectivity index (χ3v) is 3.24. The number of likely N-dealkylation sites (tertiary alicyclic amines) is 1. The first kappa shape index (κ1) is 13.5. The highest BCUT2D eigenvalue weighted by Gasteiger charge is 2.26. The molecule has 3 nitrogen and oxygen atoms in total. The normalized spacial score (nSPS) is 21.8. The molecule has 94 valence electrons. The summed E-state index contributed by atoms with van der Waals surface area (Å²) in [6.45, 7) is 12.5. The Hall–Kier alpha value is -0.570. The molecule has 1 heterocycles. The van der Waals surface area contributed by atoms with E-state index in [0.29, 0.717) is 0 Å². The highest BCUT2D eigenvalue weighted by atomic mass is 16.2. The molecule has 16 heavy (non-hydrogen) atoms. The van der Waals surface area contributed by atoms with Gasteiger partial charge >= 0.3 is 0 Å². The van der Waals surface area contributed by atoms with Crippen LogP contribution in [0, 0.1) is 5.92 Å². The average Bonchev–Trinajstić information content (AvgIpc) is 2.15. The van der Waals surface area contributed by atoms with Crippen molar-refractivity contribution >= 4 is 5.91 Å². The van der Waals surface area contributed by atoms with Gasteiger partial charge in [-0.25, -0.2) is 0 Å². The standard InChI is InChI=1S/C13H26N2O/c1-10-6-8-15(9-7-10)11(2)12(16)14-13(3,4)5/h10-11H,6-9H2,1-5H3,(H,14,16)/t11-/m0/s1. The highest BCUT2D eigenvalue weighted by molar-refractivity contribution is 5.81. The molecule has 0 radical (unpaired) electrons. The van der Waals surface area contributed by atoms with Crippen molar-refractivity contribution < 1.29 is 4.79 Å². The first-order valence-electron chi connectivity index (χ1n) is 6.35. The summed E-state index contributed by atoms with van der Waals surface area (Å²) in [5.41, 5.74) is -0.131. The summed E-state index contributed by atoms with van der Waals surface area (Å²) in [7, 11) is 0. The molecule has 1 rings (SSSR count). The fourth-order valence-corrected chi connectivity index (χ4v) is 2.06. The van der Waals surface area contributed by atoms with E-state index in [0.717, 1.165) is 19.0 Å². The second-order valence-corrected chi connectivity index (χ2v) is 6.13. The summed E-state index contributed by atoms with van der Waals surface area (Å²) in [5, 5.41) is 3.05. The molecule has 1 fully saturated rings. The van der Waals surface area contributed by atoms with Crippen LogP contribution in [0.2, 0.25) is 0 Å². The van der Waals surface area contributed by atoms with Gasteiger partial charge in [0, 0.05) is 5.54 Å². The Balaban J connectivity index is 2.45. The lowest BCUT2D eigenvalue weighted by atomic mass is 9.98. The summed E-state index contributed by atoms with van der Waals surface area (Å²) in [4.78, 5) is 14.3. The maximum Gasteiger partial charge on any atom is 0.237 e. The van der Waals surface area contributed by atoms with Crippen molar-refractivity contribution in [1.29, 1.82) is 0 Å². The van der Waals surface area contributed by atoms with Gasteiger partial charge in [-0.3, -0.25) is 9.69 Å². The van der Waals surface area contributed by atoms with Crippen LogP contribution in [-0.4, -0.2) is 35.5 Å². The van der Waals surface area contributed by atoms with E-state index < -0.39 is 0 Å².